The minimum Gasteiger partial charge on any atom is -0.369 e. The van der Waals surface area contributed by atoms with Gasteiger partial charge in [-0.1, -0.05) is 37.0 Å². The molecule has 1 aromatic rings. The van der Waals surface area contributed by atoms with Crippen molar-refractivity contribution >= 4 is 34.8 Å². The molecule has 1 N–H and O–H groups in total. The Balaban J connectivity index is 2.22. The first-order chi connectivity index (χ1) is 8.93. The molecule has 0 spiro atoms. The first kappa shape index (κ1) is 14.7. The smallest absolute Gasteiger partial charge is 0.149 e. The maximum Gasteiger partial charge on any atom is 0.149 e. The molecule has 1 aliphatic rings. The fraction of sp³-hybridized carbons (Fsp3) is 0.643. The van der Waals surface area contributed by atoms with Gasteiger partial charge < -0.3 is 10.2 Å². The second-order valence-corrected chi connectivity index (χ2v) is 6.62. The van der Waals surface area contributed by atoms with E-state index in [1.165, 1.54) is 0 Å². The van der Waals surface area contributed by atoms with Gasteiger partial charge in [0.25, 0.3) is 0 Å². The highest BCUT2D eigenvalue weighted by Gasteiger charge is 2.27. The molecule has 1 aromatic heterocycles. The third-order valence-corrected chi connectivity index (χ3v) is 4.24. The predicted molar refractivity (Wildman–Crippen MR) is 83.6 cm³/mol. The van der Waals surface area contributed by atoms with Crippen LogP contribution in [0.25, 0.3) is 0 Å². The van der Waals surface area contributed by atoms with Gasteiger partial charge in [0.2, 0.25) is 0 Å². The number of hydrogen-bond donors (Lipinski definition) is 1. The van der Waals surface area contributed by atoms with Crippen LogP contribution in [0.1, 0.15) is 33.6 Å². The van der Waals surface area contributed by atoms with E-state index in [9.17, 15) is 0 Å². The Hall–Kier alpha value is -0.670. The fourth-order valence-corrected chi connectivity index (χ4v) is 2.84. The van der Waals surface area contributed by atoms with Gasteiger partial charge in [-0.05, 0) is 31.2 Å². The van der Waals surface area contributed by atoms with Gasteiger partial charge in [-0.3, -0.25) is 0 Å². The average molecular weight is 302 g/mol. The SMILES string of the molecule is CCNc1nc(N2CCC(C)(C)CC2)c(Cl)cc1Cl. The molecule has 0 atom stereocenters. The van der Waals surface area contributed by atoms with Crippen LogP contribution in [0.2, 0.25) is 10.0 Å². The van der Waals surface area contributed by atoms with Crippen molar-refractivity contribution in [3.05, 3.63) is 16.1 Å². The summed E-state index contributed by atoms with van der Waals surface area (Å²) >= 11 is 12.4. The third kappa shape index (κ3) is 3.46. The van der Waals surface area contributed by atoms with Crippen molar-refractivity contribution in [2.24, 2.45) is 5.41 Å². The zero-order valence-electron chi connectivity index (χ0n) is 11.8. The van der Waals surface area contributed by atoms with E-state index in [1.54, 1.807) is 6.07 Å². The molecular formula is C14H21Cl2N3. The molecule has 1 fully saturated rings. The number of rotatable bonds is 3. The van der Waals surface area contributed by atoms with E-state index in [2.05, 4.69) is 29.0 Å². The largest absolute Gasteiger partial charge is 0.369 e. The van der Waals surface area contributed by atoms with E-state index in [0.29, 0.717) is 21.3 Å². The lowest BCUT2D eigenvalue weighted by Crippen LogP contribution is -2.38. The fourth-order valence-electron chi connectivity index (χ4n) is 2.29. The highest BCUT2D eigenvalue weighted by Crippen LogP contribution is 2.36. The Morgan fingerprint density at radius 3 is 2.47 bits per heavy atom. The van der Waals surface area contributed by atoms with Crippen molar-refractivity contribution in [2.45, 2.75) is 33.6 Å². The lowest BCUT2D eigenvalue weighted by molar-refractivity contribution is 0.279. The van der Waals surface area contributed by atoms with Gasteiger partial charge in [-0.15, -0.1) is 0 Å². The van der Waals surface area contributed by atoms with Crippen LogP contribution in [0.5, 0.6) is 0 Å². The highest BCUT2D eigenvalue weighted by molar-refractivity contribution is 6.37. The molecule has 0 unspecified atom stereocenters. The van der Waals surface area contributed by atoms with Crippen molar-refractivity contribution in [1.82, 2.24) is 4.98 Å². The van der Waals surface area contributed by atoms with Crippen LogP contribution < -0.4 is 10.2 Å². The molecule has 0 bridgehead atoms. The highest BCUT2D eigenvalue weighted by atomic mass is 35.5. The molecule has 2 rings (SSSR count). The summed E-state index contributed by atoms with van der Waals surface area (Å²) in [7, 11) is 0. The van der Waals surface area contributed by atoms with Gasteiger partial charge in [0, 0.05) is 19.6 Å². The Kier molecular flexibility index (Phi) is 4.46. The van der Waals surface area contributed by atoms with Crippen LogP contribution in [-0.4, -0.2) is 24.6 Å². The van der Waals surface area contributed by atoms with E-state index in [-0.39, 0.29) is 0 Å². The topological polar surface area (TPSA) is 28.2 Å². The van der Waals surface area contributed by atoms with Crippen LogP contribution in [0.15, 0.2) is 6.07 Å². The van der Waals surface area contributed by atoms with Crippen LogP contribution >= 0.6 is 23.2 Å². The zero-order chi connectivity index (χ0) is 14.0. The molecule has 1 aliphatic heterocycles. The van der Waals surface area contributed by atoms with E-state index in [4.69, 9.17) is 23.2 Å². The van der Waals surface area contributed by atoms with Crippen LogP contribution in [0.4, 0.5) is 11.6 Å². The Morgan fingerprint density at radius 1 is 1.26 bits per heavy atom. The molecule has 5 heteroatoms. The maximum atomic E-state index is 6.29. The summed E-state index contributed by atoms with van der Waals surface area (Å²) in [6.45, 7) is 9.42. The first-order valence-electron chi connectivity index (χ1n) is 6.78. The third-order valence-electron chi connectivity index (χ3n) is 3.67. The monoisotopic (exact) mass is 301 g/mol. The second-order valence-electron chi connectivity index (χ2n) is 5.81. The van der Waals surface area contributed by atoms with E-state index >= 15 is 0 Å². The number of hydrogen-bond acceptors (Lipinski definition) is 3. The number of pyridine rings is 1. The number of piperidine rings is 1. The lowest BCUT2D eigenvalue weighted by Gasteiger charge is -2.38. The normalized spacial score (nSPS) is 18.5. The summed E-state index contributed by atoms with van der Waals surface area (Å²) in [4.78, 5) is 6.84. The van der Waals surface area contributed by atoms with Gasteiger partial charge >= 0.3 is 0 Å². The average Bonchev–Trinajstić information content (AvgIpc) is 2.33. The van der Waals surface area contributed by atoms with Crippen molar-refractivity contribution < 1.29 is 0 Å². The van der Waals surface area contributed by atoms with Gasteiger partial charge in [0.1, 0.15) is 11.6 Å². The van der Waals surface area contributed by atoms with Crippen molar-refractivity contribution in [3.63, 3.8) is 0 Å². The van der Waals surface area contributed by atoms with E-state index in [0.717, 1.165) is 38.3 Å². The van der Waals surface area contributed by atoms with Gasteiger partial charge in [-0.25, -0.2) is 4.98 Å². The summed E-state index contributed by atoms with van der Waals surface area (Å²) in [6, 6.07) is 1.78. The molecule has 1 saturated heterocycles. The van der Waals surface area contributed by atoms with Crippen LogP contribution in [-0.2, 0) is 0 Å². The molecule has 2 heterocycles. The maximum absolute atomic E-state index is 6.29. The van der Waals surface area contributed by atoms with E-state index < -0.39 is 0 Å². The predicted octanol–water partition coefficient (Wildman–Crippen LogP) is 4.45. The summed E-state index contributed by atoms with van der Waals surface area (Å²) in [5, 5.41) is 4.38. The minimum absolute atomic E-state index is 0.417. The van der Waals surface area contributed by atoms with E-state index in [1.807, 2.05) is 6.92 Å². The molecule has 3 nitrogen and oxygen atoms in total. The lowest BCUT2D eigenvalue weighted by atomic mass is 9.83. The van der Waals surface area contributed by atoms with Gasteiger partial charge in [0.15, 0.2) is 0 Å². The van der Waals surface area contributed by atoms with Gasteiger partial charge in [-0.2, -0.15) is 0 Å². The summed E-state index contributed by atoms with van der Waals surface area (Å²) < 4.78 is 0. The number of aromatic nitrogens is 1. The van der Waals surface area contributed by atoms with Gasteiger partial charge in [0.05, 0.1) is 10.0 Å². The zero-order valence-corrected chi connectivity index (χ0v) is 13.3. The molecule has 19 heavy (non-hydrogen) atoms. The second kappa shape index (κ2) is 5.76. The number of anilines is 2. The summed E-state index contributed by atoms with van der Waals surface area (Å²) in [5.41, 5.74) is 0.417. The van der Waals surface area contributed by atoms with Crippen molar-refractivity contribution in [3.8, 4) is 0 Å². The Bertz CT molecular complexity index is 450. The molecule has 0 aromatic carbocycles. The number of nitrogens with zero attached hydrogens (tertiary/aromatic N) is 2. The number of halogens is 2. The molecule has 0 saturated carbocycles. The Labute approximate surface area is 125 Å². The number of nitrogens with one attached hydrogen (secondary N) is 1. The minimum atomic E-state index is 0.417. The summed E-state index contributed by atoms with van der Waals surface area (Å²) in [6.07, 6.45) is 2.31. The molecule has 106 valence electrons. The van der Waals surface area contributed by atoms with Crippen LogP contribution in [0.3, 0.4) is 0 Å². The summed E-state index contributed by atoms with van der Waals surface area (Å²) in [5.74, 6) is 1.56. The quantitative estimate of drug-likeness (QED) is 0.894. The first-order valence-corrected chi connectivity index (χ1v) is 7.53. The standard InChI is InChI=1S/C14H21Cl2N3/c1-4-17-12-10(15)9-11(16)13(18-12)19-7-5-14(2,3)6-8-19/h9H,4-8H2,1-3H3,(H,17,18). The van der Waals surface area contributed by atoms with Crippen LogP contribution in [0, 0.1) is 5.41 Å². The molecule has 0 amide bonds. The molecule has 0 aliphatic carbocycles. The van der Waals surface area contributed by atoms with Crippen molar-refractivity contribution in [1.29, 1.82) is 0 Å². The molecular weight excluding hydrogens is 281 g/mol. The Morgan fingerprint density at radius 2 is 1.89 bits per heavy atom. The van der Waals surface area contributed by atoms with Crippen molar-refractivity contribution in [2.75, 3.05) is 29.9 Å². The molecule has 0 radical (unpaired) electrons.